The van der Waals surface area contributed by atoms with E-state index in [-0.39, 0.29) is 6.61 Å². The molecule has 0 amide bonds. The van der Waals surface area contributed by atoms with Gasteiger partial charge in [-0.2, -0.15) is 11.8 Å². The van der Waals surface area contributed by atoms with E-state index in [0.717, 1.165) is 5.56 Å². The first kappa shape index (κ1) is 14.0. The Morgan fingerprint density at radius 3 is 2.41 bits per heavy atom. The van der Waals surface area contributed by atoms with E-state index < -0.39 is 18.0 Å². The van der Waals surface area contributed by atoms with Crippen LogP contribution < -0.4 is 0 Å². The zero-order valence-electron chi connectivity index (χ0n) is 9.32. The molecule has 2 atom stereocenters. The molecule has 94 valence electrons. The van der Waals surface area contributed by atoms with Gasteiger partial charge in [0.15, 0.2) is 0 Å². The molecule has 1 aromatic carbocycles. The highest BCUT2D eigenvalue weighted by Gasteiger charge is 2.19. The second-order valence-electron chi connectivity index (χ2n) is 3.68. The molecule has 0 aliphatic rings. The van der Waals surface area contributed by atoms with Gasteiger partial charge in [-0.3, -0.25) is 4.79 Å². The van der Waals surface area contributed by atoms with Crippen molar-refractivity contribution in [1.82, 2.24) is 0 Å². The van der Waals surface area contributed by atoms with Gasteiger partial charge in [0.05, 0.1) is 18.6 Å². The van der Waals surface area contributed by atoms with Crippen molar-refractivity contribution in [2.75, 3.05) is 18.1 Å². The van der Waals surface area contributed by atoms with Crippen molar-refractivity contribution in [1.29, 1.82) is 0 Å². The molecule has 5 heteroatoms. The van der Waals surface area contributed by atoms with Crippen LogP contribution in [0.4, 0.5) is 0 Å². The van der Waals surface area contributed by atoms with Gasteiger partial charge < -0.3 is 15.3 Å². The maximum atomic E-state index is 11.1. The second kappa shape index (κ2) is 7.32. The molecule has 17 heavy (non-hydrogen) atoms. The van der Waals surface area contributed by atoms with Crippen molar-refractivity contribution in [2.45, 2.75) is 12.0 Å². The molecule has 0 heterocycles. The first-order valence-corrected chi connectivity index (χ1v) is 6.45. The smallest absolute Gasteiger partial charge is 0.311 e. The average molecular weight is 256 g/mol. The minimum atomic E-state index is -0.873. The SMILES string of the molecule is O=C(O)C(CSCC(O)CO)c1ccccc1. The number of carboxylic acids is 1. The zero-order chi connectivity index (χ0) is 12.7. The van der Waals surface area contributed by atoms with Crippen LogP contribution >= 0.6 is 11.8 Å². The topological polar surface area (TPSA) is 77.8 Å². The Labute approximate surface area is 104 Å². The van der Waals surface area contributed by atoms with Crippen molar-refractivity contribution in [3.63, 3.8) is 0 Å². The average Bonchev–Trinajstić information content (AvgIpc) is 2.34. The summed E-state index contributed by atoms with van der Waals surface area (Å²) in [6, 6.07) is 9.01. The number of benzene rings is 1. The number of carboxylic acid groups (broad SMARTS) is 1. The van der Waals surface area contributed by atoms with E-state index in [1.54, 1.807) is 24.3 Å². The molecular weight excluding hydrogens is 240 g/mol. The second-order valence-corrected chi connectivity index (χ2v) is 4.75. The summed E-state index contributed by atoms with van der Waals surface area (Å²) in [4.78, 5) is 11.1. The summed E-state index contributed by atoms with van der Waals surface area (Å²) in [6.45, 7) is -0.296. The summed E-state index contributed by atoms with van der Waals surface area (Å²) in [5.41, 5.74) is 0.756. The van der Waals surface area contributed by atoms with Gasteiger partial charge in [-0.1, -0.05) is 30.3 Å². The van der Waals surface area contributed by atoms with Gasteiger partial charge in [0.25, 0.3) is 0 Å². The van der Waals surface area contributed by atoms with Crippen LogP contribution in [0.15, 0.2) is 30.3 Å². The molecule has 2 unspecified atom stereocenters. The molecule has 0 aliphatic carbocycles. The van der Waals surface area contributed by atoms with Crippen molar-refractivity contribution in [2.24, 2.45) is 0 Å². The van der Waals surface area contributed by atoms with Gasteiger partial charge in [-0.25, -0.2) is 0 Å². The highest BCUT2D eigenvalue weighted by Crippen LogP contribution is 2.21. The number of aliphatic hydroxyl groups is 2. The van der Waals surface area contributed by atoms with Crippen molar-refractivity contribution in [3.05, 3.63) is 35.9 Å². The molecule has 0 radical (unpaired) electrons. The van der Waals surface area contributed by atoms with Crippen LogP contribution in [-0.2, 0) is 4.79 Å². The Morgan fingerprint density at radius 1 is 1.24 bits per heavy atom. The number of rotatable bonds is 7. The molecule has 1 rings (SSSR count). The summed E-state index contributed by atoms with van der Waals surface area (Å²) >= 11 is 1.33. The largest absolute Gasteiger partial charge is 0.481 e. The Morgan fingerprint density at radius 2 is 1.88 bits per heavy atom. The standard InChI is InChI=1S/C12H16O4S/c13-6-10(14)7-17-8-11(12(15)16)9-4-2-1-3-5-9/h1-5,10-11,13-14H,6-8H2,(H,15,16). The van der Waals surface area contributed by atoms with Crippen LogP contribution in [0, 0.1) is 0 Å². The third-order valence-corrected chi connectivity index (χ3v) is 3.50. The molecule has 0 saturated carbocycles. The van der Waals surface area contributed by atoms with E-state index in [1.807, 2.05) is 6.07 Å². The van der Waals surface area contributed by atoms with Crippen LogP contribution in [0.5, 0.6) is 0 Å². The molecular formula is C12H16O4S. The number of aliphatic carboxylic acids is 1. The maximum absolute atomic E-state index is 11.1. The summed E-state index contributed by atoms with van der Waals surface area (Å²) in [7, 11) is 0. The predicted molar refractivity (Wildman–Crippen MR) is 67.2 cm³/mol. The lowest BCUT2D eigenvalue weighted by atomic mass is 10.0. The van der Waals surface area contributed by atoms with Gasteiger partial charge in [0.1, 0.15) is 0 Å². The molecule has 0 spiro atoms. The Hall–Kier alpha value is -1.04. The zero-order valence-corrected chi connectivity index (χ0v) is 10.1. The molecule has 0 aliphatic heterocycles. The fourth-order valence-electron chi connectivity index (χ4n) is 1.37. The number of hydrogen-bond donors (Lipinski definition) is 3. The van der Waals surface area contributed by atoms with Crippen LogP contribution in [0.3, 0.4) is 0 Å². The normalized spacial score (nSPS) is 14.2. The number of hydrogen-bond acceptors (Lipinski definition) is 4. The Balaban J connectivity index is 2.54. The lowest BCUT2D eigenvalue weighted by Crippen LogP contribution is -2.18. The first-order valence-electron chi connectivity index (χ1n) is 5.29. The summed E-state index contributed by atoms with van der Waals surface area (Å²) < 4.78 is 0. The van der Waals surface area contributed by atoms with Gasteiger partial charge in [-0.15, -0.1) is 0 Å². The fourth-order valence-corrected chi connectivity index (χ4v) is 2.45. The highest BCUT2D eigenvalue weighted by atomic mass is 32.2. The van der Waals surface area contributed by atoms with Crippen molar-refractivity contribution in [3.8, 4) is 0 Å². The molecule has 1 aromatic rings. The van der Waals surface area contributed by atoms with E-state index in [0.29, 0.717) is 11.5 Å². The predicted octanol–water partition coefficient (Wildman–Crippen LogP) is 0.941. The van der Waals surface area contributed by atoms with E-state index in [9.17, 15) is 4.79 Å². The lowest BCUT2D eigenvalue weighted by Gasteiger charge is -2.13. The summed E-state index contributed by atoms with van der Waals surface area (Å²) in [5.74, 6) is -0.724. The van der Waals surface area contributed by atoms with E-state index in [2.05, 4.69) is 0 Å². The van der Waals surface area contributed by atoms with Gasteiger partial charge in [0.2, 0.25) is 0 Å². The molecule has 0 bridgehead atoms. The minimum absolute atomic E-state index is 0.296. The number of thioether (sulfide) groups is 1. The fraction of sp³-hybridized carbons (Fsp3) is 0.417. The van der Waals surface area contributed by atoms with E-state index >= 15 is 0 Å². The highest BCUT2D eigenvalue weighted by molar-refractivity contribution is 7.99. The van der Waals surface area contributed by atoms with E-state index in [4.69, 9.17) is 15.3 Å². The quantitative estimate of drug-likeness (QED) is 0.677. The lowest BCUT2D eigenvalue weighted by molar-refractivity contribution is -0.138. The van der Waals surface area contributed by atoms with Gasteiger partial charge >= 0.3 is 5.97 Å². The van der Waals surface area contributed by atoms with Crippen molar-refractivity contribution >= 4 is 17.7 Å². The van der Waals surface area contributed by atoms with E-state index in [1.165, 1.54) is 11.8 Å². The molecule has 3 N–H and O–H groups in total. The monoisotopic (exact) mass is 256 g/mol. The third-order valence-electron chi connectivity index (χ3n) is 2.31. The summed E-state index contributed by atoms with van der Waals surface area (Å²) in [5, 5.41) is 26.9. The third kappa shape index (κ3) is 4.77. The first-order chi connectivity index (χ1) is 8.15. The Kier molecular flexibility index (Phi) is 6.04. The van der Waals surface area contributed by atoms with Crippen LogP contribution in [0.2, 0.25) is 0 Å². The van der Waals surface area contributed by atoms with Crippen LogP contribution in [0.1, 0.15) is 11.5 Å². The van der Waals surface area contributed by atoms with Gasteiger partial charge in [0, 0.05) is 11.5 Å². The minimum Gasteiger partial charge on any atom is -0.481 e. The molecule has 0 saturated heterocycles. The summed E-state index contributed by atoms with van der Waals surface area (Å²) in [6.07, 6.45) is -0.787. The molecule has 0 fully saturated rings. The molecule has 0 aromatic heterocycles. The number of carbonyl (C=O) groups is 1. The Bertz CT molecular complexity index is 342. The number of aliphatic hydroxyl groups excluding tert-OH is 2. The van der Waals surface area contributed by atoms with Crippen LogP contribution in [-0.4, -0.2) is 45.5 Å². The molecule has 4 nitrogen and oxygen atoms in total. The van der Waals surface area contributed by atoms with Crippen LogP contribution in [0.25, 0.3) is 0 Å². The maximum Gasteiger partial charge on any atom is 0.311 e. The van der Waals surface area contributed by atoms with Crippen molar-refractivity contribution < 1.29 is 20.1 Å². The van der Waals surface area contributed by atoms with Gasteiger partial charge in [-0.05, 0) is 5.56 Å².